The number of hydrogen-bond donors (Lipinski definition) is 1. The molecule has 45 heavy (non-hydrogen) atoms. The molecule has 5 rings (SSSR count). The average Bonchev–Trinajstić information content (AvgIpc) is 3.63. The molecule has 4 aromatic rings. The number of halogens is 4. The third-order valence-corrected chi connectivity index (χ3v) is 7.45. The zero-order valence-corrected chi connectivity index (χ0v) is 24.9. The third-order valence-electron chi connectivity index (χ3n) is 6.53. The number of thioether (sulfide) groups is 1. The van der Waals surface area contributed by atoms with Crippen LogP contribution in [0.25, 0.3) is 17.1 Å². The third kappa shape index (κ3) is 7.42. The monoisotopic (exact) mass is 642 g/mol. The largest absolute Gasteiger partial charge is 0.497 e. The summed E-state index contributed by atoms with van der Waals surface area (Å²) < 4.78 is 63.6. The summed E-state index contributed by atoms with van der Waals surface area (Å²) in [6.45, 7) is 2.55. The maximum atomic E-state index is 15.1. The minimum Gasteiger partial charge on any atom is -0.497 e. The van der Waals surface area contributed by atoms with Crippen molar-refractivity contribution in [2.45, 2.75) is 25.9 Å². The van der Waals surface area contributed by atoms with Crippen LogP contribution in [-0.2, 0) is 4.79 Å². The minimum atomic E-state index is -4.45. The van der Waals surface area contributed by atoms with Gasteiger partial charge in [0.05, 0.1) is 29.9 Å². The number of rotatable bonds is 8. The van der Waals surface area contributed by atoms with Gasteiger partial charge in [-0.05, 0) is 60.0 Å². The Kier molecular flexibility index (Phi) is 9.09. The number of carbonyl (C=O) groups is 2. The van der Waals surface area contributed by atoms with E-state index in [1.165, 1.54) is 59.4 Å². The molecule has 0 atom stereocenters. The highest BCUT2D eigenvalue weighted by atomic mass is 32.2. The molecule has 1 aromatic heterocycles. The predicted octanol–water partition coefficient (Wildman–Crippen LogP) is 6.81. The molecule has 0 radical (unpaired) electrons. The highest BCUT2D eigenvalue weighted by Crippen LogP contribution is 2.36. The zero-order chi connectivity index (χ0) is 32.3. The van der Waals surface area contributed by atoms with Crippen LogP contribution < -0.4 is 19.7 Å². The fourth-order valence-corrected chi connectivity index (χ4v) is 5.24. The quantitative estimate of drug-likeness (QED) is 0.210. The first kappa shape index (κ1) is 31.5. The van der Waals surface area contributed by atoms with E-state index >= 15 is 4.39 Å². The van der Waals surface area contributed by atoms with Gasteiger partial charge in [-0.25, -0.2) is 18.9 Å². The van der Waals surface area contributed by atoms with Gasteiger partial charge in [0.15, 0.2) is 17.6 Å². The van der Waals surface area contributed by atoms with Crippen molar-refractivity contribution < 1.29 is 36.6 Å². The molecular formula is C30H26F4N6O4S. The van der Waals surface area contributed by atoms with Gasteiger partial charge in [0.1, 0.15) is 23.6 Å². The van der Waals surface area contributed by atoms with Gasteiger partial charge in [-0.1, -0.05) is 31.7 Å². The van der Waals surface area contributed by atoms with Crippen molar-refractivity contribution in [3.8, 4) is 28.6 Å². The van der Waals surface area contributed by atoms with Crippen LogP contribution >= 0.6 is 11.8 Å². The Morgan fingerprint density at radius 1 is 1.09 bits per heavy atom. The lowest BCUT2D eigenvalue weighted by Gasteiger charge is -2.22. The second-order valence-corrected chi connectivity index (χ2v) is 11.0. The van der Waals surface area contributed by atoms with E-state index in [0.717, 1.165) is 23.4 Å². The number of alkyl halides is 3. The Hall–Kier alpha value is -4.92. The molecule has 0 bridgehead atoms. The van der Waals surface area contributed by atoms with Crippen molar-refractivity contribution in [1.29, 1.82) is 0 Å². The smallest absolute Gasteiger partial charge is 0.422 e. The summed E-state index contributed by atoms with van der Waals surface area (Å²) in [5.41, 5.74) is 2.07. The number of aromatic nitrogens is 3. The van der Waals surface area contributed by atoms with Crippen molar-refractivity contribution in [1.82, 2.24) is 14.8 Å². The van der Waals surface area contributed by atoms with E-state index < -0.39 is 24.6 Å². The minimum absolute atomic E-state index is 0.0349. The van der Waals surface area contributed by atoms with Crippen LogP contribution in [0.15, 0.2) is 72.0 Å². The number of hydrogen-bond acceptors (Lipinski definition) is 7. The molecule has 2 heterocycles. The summed E-state index contributed by atoms with van der Waals surface area (Å²) in [6, 6.07) is 14.2. The van der Waals surface area contributed by atoms with E-state index in [-0.39, 0.29) is 40.0 Å². The number of amides is 3. The van der Waals surface area contributed by atoms with Crippen LogP contribution in [0.5, 0.6) is 11.5 Å². The number of aliphatic imine (C=N–C) groups is 1. The molecule has 3 aromatic carbocycles. The molecule has 0 spiro atoms. The van der Waals surface area contributed by atoms with Crippen LogP contribution in [0.3, 0.4) is 0 Å². The van der Waals surface area contributed by atoms with Gasteiger partial charge in [0, 0.05) is 11.6 Å². The summed E-state index contributed by atoms with van der Waals surface area (Å²) in [4.78, 5) is 35.3. The zero-order valence-electron chi connectivity index (χ0n) is 24.1. The summed E-state index contributed by atoms with van der Waals surface area (Å²) in [7, 11) is 1.51. The maximum absolute atomic E-state index is 15.1. The molecule has 1 aliphatic rings. The highest BCUT2D eigenvalue weighted by Gasteiger charge is 2.33. The first-order valence-corrected chi connectivity index (χ1v) is 14.5. The standard InChI is InChI=1S/C30H26F4N6O4S/c1-17(2)22-10-9-21(43-3)13-25(22)40-26(41)14-45-29(40)37-28(42)36-24-11-4-18(12-23(24)31)27-35-16-39(38-27)19-5-7-20(8-6-19)44-15-30(32,33)34/h4-13,16-17H,14-15H2,1-3H3,(H,36,42). The molecule has 1 N–H and O–H groups in total. The molecule has 234 valence electrons. The summed E-state index contributed by atoms with van der Waals surface area (Å²) >= 11 is 1.09. The van der Waals surface area contributed by atoms with Gasteiger partial charge in [0.2, 0.25) is 5.91 Å². The van der Waals surface area contributed by atoms with E-state index in [1.54, 1.807) is 12.1 Å². The van der Waals surface area contributed by atoms with E-state index in [0.29, 0.717) is 22.7 Å². The van der Waals surface area contributed by atoms with Gasteiger partial charge >= 0.3 is 12.2 Å². The SMILES string of the molecule is COc1ccc(C(C)C)c(N2C(=O)CSC2=NC(=O)Nc2ccc(-c3ncn(-c4ccc(OCC(F)(F)F)cc4)n3)cc2F)c1. The number of ether oxygens (including phenoxy) is 2. The lowest BCUT2D eigenvalue weighted by Crippen LogP contribution is -2.31. The van der Waals surface area contributed by atoms with Gasteiger partial charge in [-0.15, -0.1) is 5.10 Å². The number of methoxy groups -OCH3 is 1. The molecule has 3 amide bonds. The molecule has 0 unspecified atom stereocenters. The lowest BCUT2D eigenvalue weighted by molar-refractivity contribution is -0.153. The Bertz CT molecular complexity index is 1760. The van der Waals surface area contributed by atoms with Crippen LogP contribution in [0.4, 0.5) is 33.7 Å². The summed E-state index contributed by atoms with van der Waals surface area (Å²) in [5, 5.41) is 6.87. The number of carbonyl (C=O) groups excluding carboxylic acids is 2. The summed E-state index contributed by atoms with van der Waals surface area (Å²) in [5.74, 6) is -0.135. The van der Waals surface area contributed by atoms with Crippen LogP contribution in [0.1, 0.15) is 25.3 Å². The van der Waals surface area contributed by atoms with Gasteiger partial charge in [-0.3, -0.25) is 9.69 Å². The van der Waals surface area contributed by atoms with Crippen molar-refractivity contribution in [2.24, 2.45) is 4.99 Å². The van der Waals surface area contributed by atoms with Gasteiger partial charge in [0.25, 0.3) is 0 Å². The second-order valence-electron chi connectivity index (χ2n) is 10.0. The number of benzene rings is 3. The number of anilines is 2. The fourth-order valence-electron chi connectivity index (χ4n) is 4.38. The molecule has 1 saturated heterocycles. The maximum Gasteiger partial charge on any atom is 0.422 e. The summed E-state index contributed by atoms with van der Waals surface area (Å²) in [6.07, 6.45) is -3.09. The topological polar surface area (TPSA) is 111 Å². The highest BCUT2D eigenvalue weighted by molar-refractivity contribution is 8.15. The first-order chi connectivity index (χ1) is 21.4. The number of nitrogens with one attached hydrogen (secondary N) is 1. The Balaban J connectivity index is 1.29. The van der Waals surface area contributed by atoms with Crippen molar-refractivity contribution >= 4 is 40.2 Å². The van der Waals surface area contributed by atoms with Gasteiger partial charge < -0.3 is 14.8 Å². The normalized spacial score (nSPS) is 14.4. The van der Waals surface area contributed by atoms with Crippen molar-refractivity contribution in [3.63, 3.8) is 0 Å². The second kappa shape index (κ2) is 13.0. The molecule has 1 aliphatic heterocycles. The number of urea groups is 1. The lowest BCUT2D eigenvalue weighted by atomic mass is 10.00. The fraction of sp³-hybridized carbons (Fsp3) is 0.233. The average molecular weight is 643 g/mol. The molecule has 10 nitrogen and oxygen atoms in total. The van der Waals surface area contributed by atoms with Crippen molar-refractivity contribution in [2.75, 3.05) is 29.7 Å². The van der Waals surface area contributed by atoms with Crippen LogP contribution in [-0.4, -0.2) is 57.5 Å². The van der Waals surface area contributed by atoms with Crippen LogP contribution in [0.2, 0.25) is 0 Å². The molecule has 0 aliphatic carbocycles. The molecule has 0 saturated carbocycles. The van der Waals surface area contributed by atoms with E-state index in [9.17, 15) is 22.8 Å². The molecular weight excluding hydrogens is 616 g/mol. The Morgan fingerprint density at radius 3 is 2.49 bits per heavy atom. The molecule has 15 heteroatoms. The predicted molar refractivity (Wildman–Crippen MR) is 162 cm³/mol. The van der Waals surface area contributed by atoms with Crippen molar-refractivity contribution in [3.05, 3.63) is 78.4 Å². The van der Waals surface area contributed by atoms with E-state index in [4.69, 9.17) is 9.47 Å². The Labute approximate surface area is 259 Å². The van der Waals surface area contributed by atoms with E-state index in [2.05, 4.69) is 20.4 Å². The Morgan fingerprint density at radius 2 is 1.82 bits per heavy atom. The number of amidine groups is 1. The van der Waals surface area contributed by atoms with Crippen LogP contribution in [0, 0.1) is 5.82 Å². The molecule has 1 fully saturated rings. The number of nitrogens with zero attached hydrogens (tertiary/aromatic N) is 5. The van der Waals surface area contributed by atoms with Gasteiger partial charge in [-0.2, -0.15) is 18.2 Å². The first-order valence-electron chi connectivity index (χ1n) is 13.5. The van der Waals surface area contributed by atoms with E-state index in [1.807, 2.05) is 19.9 Å².